The zero-order chi connectivity index (χ0) is 20.8. The van der Waals surface area contributed by atoms with Crippen LogP contribution in [0.4, 0.5) is 10.7 Å². The Hall–Kier alpha value is -3.38. The molecule has 0 fully saturated rings. The summed E-state index contributed by atoms with van der Waals surface area (Å²) in [6.45, 7) is 4.01. The molecule has 0 atom stereocenters. The minimum absolute atomic E-state index is 0.256. The number of benzene rings is 2. The summed E-state index contributed by atoms with van der Waals surface area (Å²) < 4.78 is 5.22. The van der Waals surface area contributed by atoms with Crippen LogP contribution in [0.2, 0.25) is 0 Å². The van der Waals surface area contributed by atoms with Crippen molar-refractivity contribution in [3.63, 3.8) is 0 Å². The highest BCUT2D eigenvalue weighted by Crippen LogP contribution is 2.36. The number of hydrogen-bond acceptors (Lipinski definition) is 5. The van der Waals surface area contributed by atoms with Gasteiger partial charge in [-0.2, -0.15) is 0 Å². The molecular weight excluding hydrogens is 384 g/mol. The molecule has 0 aliphatic carbocycles. The van der Waals surface area contributed by atoms with Crippen LogP contribution in [0.5, 0.6) is 0 Å². The lowest BCUT2D eigenvalue weighted by Gasteiger charge is -2.08. The highest BCUT2D eigenvalue weighted by molar-refractivity contribution is 7.15. The summed E-state index contributed by atoms with van der Waals surface area (Å²) in [4.78, 5) is 25.0. The van der Waals surface area contributed by atoms with Crippen LogP contribution in [0, 0.1) is 6.92 Å². The number of ether oxygens (including phenoxy) is 1. The average molecular weight is 407 g/mol. The first-order valence-corrected chi connectivity index (χ1v) is 10.1. The maximum absolute atomic E-state index is 12.6. The van der Waals surface area contributed by atoms with Gasteiger partial charge < -0.3 is 15.8 Å². The van der Waals surface area contributed by atoms with Crippen molar-refractivity contribution in [1.29, 1.82) is 0 Å². The van der Waals surface area contributed by atoms with Crippen LogP contribution < -0.4 is 11.1 Å². The first-order valence-electron chi connectivity index (χ1n) is 9.18. The van der Waals surface area contributed by atoms with Crippen LogP contribution in [0.1, 0.15) is 28.4 Å². The third-order valence-corrected chi connectivity index (χ3v) is 5.13. The predicted molar refractivity (Wildman–Crippen MR) is 119 cm³/mol. The van der Waals surface area contributed by atoms with Gasteiger partial charge in [-0.25, -0.2) is 4.79 Å². The van der Waals surface area contributed by atoms with E-state index in [0.717, 1.165) is 22.3 Å². The van der Waals surface area contributed by atoms with Gasteiger partial charge in [0.1, 0.15) is 10.6 Å². The molecule has 3 N–H and O–H groups in total. The standard InChI is InChI=1S/C23H22N2O3S/c1-3-28-23(27)21-19(17-9-4-15(2)5-10-17)14-29-22(21)25-20(26)13-8-16-6-11-18(24)12-7-16/h4-14H,3,24H2,1-2H3,(H,25,26)/b13-8+. The van der Waals surface area contributed by atoms with Crippen LogP contribution in [-0.2, 0) is 9.53 Å². The van der Waals surface area contributed by atoms with E-state index in [1.165, 1.54) is 17.4 Å². The minimum atomic E-state index is -0.456. The second-order valence-electron chi connectivity index (χ2n) is 6.43. The van der Waals surface area contributed by atoms with Crippen molar-refractivity contribution in [2.45, 2.75) is 13.8 Å². The molecule has 5 nitrogen and oxygen atoms in total. The largest absolute Gasteiger partial charge is 0.462 e. The quantitative estimate of drug-likeness (QED) is 0.338. The number of thiophene rings is 1. The molecule has 3 aromatic rings. The fourth-order valence-corrected chi connectivity index (χ4v) is 3.69. The number of nitrogen functional groups attached to an aromatic ring is 1. The average Bonchev–Trinajstić information content (AvgIpc) is 3.12. The summed E-state index contributed by atoms with van der Waals surface area (Å²) in [5, 5.41) is 5.12. The number of aryl methyl sites for hydroxylation is 1. The Balaban J connectivity index is 1.86. The Labute approximate surface area is 173 Å². The van der Waals surface area contributed by atoms with E-state index in [4.69, 9.17) is 10.5 Å². The molecule has 0 aliphatic heterocycles. The van der Waals surface area contributed by atoms with Gasteiger partial charge in [0.15, 0.2) is 0 Å². The van der Waals surface area contributed by atoms with Crippen molar-refractivity contribution in [2.24, 2.45) is 0 Å². The van der Waals surface area contributed by atoms with Gasteiger partial charge in [-0.1, -0.05) is 42.0 Å². The van der Waals surface area contributed by atoms with Crippen molar-refractivity contribution in [3.8, 4) is 11.1 Å². The summed E-state index contributed by atoms with van der Waals surface area (Å²) in [6, 6.07) is 15.0. The molecule has 29 heavy (non-hydrogen) atoms. The first kappa shape index (κ1) is 20.4. The monoisotopic (exact) mass is 406 g/mol. The van der Waals surface area contributed by atoms with E-state index in [-0.39, 0.29) is 12.5 Å². The smallest absolute Gasteiger partial charge is 0.341 e. The van der Waals surface area contributed by atoms with Gasteiger partial charge >= 0.3 is 5.97 Å². The number of rotatable bonds is 6. The van der Waals surface area contributed by atoms with Crippen molar-refractivity contribution < 1.29 is 14.3 Å². The van der Waals surface area contributed by atoms with E-state index in [2.05, 4.69) is 5.32 Å². The molecule has 148 valence electrons. The second kappa shape index (κ2) is 9.21. The van der Waals surface area contributed by atoms with E-state index in [9.17, 15) is 9.59 Å². The van der Waals surface area contributed by atoms with Crippen LogP contribution in [0.15, 0.2) is 60.0 Å². The number of amides is 1. The lowest BCUT2D eigenvalue weighted by atomic mass is 10.0. The second-order valence-corrected chi connectivity index (χ2v) is 7.31. The van der Waals surface area contributed by atoms with Crippen molar-refractivity contribution >= 4 is 40.0 Å². The number of carbonyl (C=O) groups is 2. The molecule has 0 spiro atoms. The van der Waals surface area contributed by atoms with Crippen LogP contribution in [0.25, 0.3) is 17.2 Å². The third-order valence-electron chi connectivity index (χ3n) is 4.23. The van der Waals surface area contributed by atoms with Gasteiger partial charge in [0.2, 0.25) is 5.91 Å². The van der Waals surface area contributed by atoms with Crippen molar-refractivity contribution in [2.75, 3.05) is 17.7 Å². The van der Waals surface area contributed by atoms with Gasteiger partial charge in [-0.15, -0.1) is 11.3 Å². The number of hydrogen-bond donors (Lipinski definition) is 2. The molecule has 0 unspecified atom stereocenters. The predicted octanol–water partition coefficient (Wildman–Crippen LogP) is 5.13. The summed E-state index contributed by atoms with van der Waals surface area (Å²) in [5.74, 6) is -0.785. The Morgan fingerprint density at radius 1 is 1.10 bits per heavy atom. The molecule has 3 rings (SSSR count). The fraction of sp³-hybridized carbons (Fsp3) is 0.130. The highest BCUT2D eigenvalue weighted by Gasteiger charge is 2.22. The molecule has 1 aromatic heterocycles. The number of anilines is 2. The molecule has 0 saturated carbocycles. The number of nitrogens with two attached hydrogens (primary N) is 1. The molecule has 1 amide bonds. The molecule has 0 saturated heterocycles. The van der Waals surface area contributed by atoms with E-state index >= 15 is 0 Å². The Kier molecular flexibility index (Phi) is 6.46. The summed E-state index contributed by atoms with van der Waals surface area (Å²) >= 11 is 1.30. The molecule has 1 heterocycles. The molecule has 6 heteroatoms. The van der Waals surface area contributed by atoms with E-state index in [1.54, 1.807) is 25.1 Å². The zero-order valence-corrected chi connectivity index (χ0v) is 17.1. The van der Waals surface area contributed by atoms with Gasteiger partial charge in [0, 0.05) is 22.7 Å². The Bertz CT molecular complexity index is 1030. The Morgan fingerprint density at radius 3 is 2.45 bits per heavy atom. The maximum Gasteiger partial charge on any atom is 0.341 e. The molecule has 0 radical (unpaired) electrons. The molecule has 0 aliphatic rings. The molecule has 2 aromatic carbocycles. The first-order chi connectivity index (χ1) is 14.0. The maximum atomic E-state index is 12.6. The summed E-state index contributed by atoms with van der Waals surface area (Å²) in [6.07, 6.45) is 3.11. The van der Waals surface area contributed by atoms with Gasteiger partial charge in [0.05, 0.1) is 6.61 Å². The number of nitrogens with one attached hydrogen (secondary N) is 1. The van der Waals surface area contributed by atoms with E-state index in [1.807, 2.05) is 48.7 Å². The highest BCUT2D eigenvalue weighted by atomic mass is 32.1. The number of esters is 1. The third kappa shape index (κ3) is 5.12. The summed E-state index contributed by atoms with van der Waals surface area (Å²) in [5.41, 5.74) is 10.3. The number of carbonyl (C=O) groups excluding carboxylic acids is 2. The molecule has 0 bridgehead atoms. The van der Waals surface area contributed by atoms with Crippen LogP contribution in [0.3, 0.4) is 0 Å². The van der Waals surface area contributed by atoms with E-state index in [0.29, 0.717) is 16.3 Å². The normalized spacial score (nSPS) is 10.8. The lowest BCUT2D eigenvalue weighted by molar-refractivity contribution is -0.111. The zero-order valence-electron chi connectivity index (χ0n) is 16.3. The van der Waals surface area contributed by atoms with E-state index < -0.39 is 5.97 Å². The Morgan fingerprint density at radius 2 is 1.79 bits per heavy atom. The molecular formula is C23H22N2O3S. The van der Waals surface area contributed by atoms with Gasteiger partial charge in [0.25, 0.3) is 0 Å². The van der Waals surface area contributed by atoms with Crippen molar-refractivity contribution in [1.82, 2.24) is 0 Å². The van der Waals surface area contributed by atoms with Crippen LogP contribution >= 0.6 is 11.3 Å². The topological polar surface area (TPSA) is 81.4 Å². The van der Waals surface area contributed by atoms with Crippen molar-refractivity contribution in [3.05, 3.63) is 76.7 Å². The van der Waals surface area contributed by atoms with Crippen LogP contribution in [-0.4, -0.2) is 18.5 Å². The van der Waals surface area contributed by atoms with Gasteiger partial charge in [-0.3, -0.25) is 4.79 Å². The summed E-state index contributed by atoms with van der Waals surface area (Å²) in [7, 11) is 0. The minimum Gasteiger partial charge on any atom is -0.462 e. The fourth-order valence-electron chi connectivity index (χ4n) is 2.73. The lowest BCUT2D eigenvalue weighted by Crippen LogP contribution is -2.12. The SMILES string of the molecule is CCOC(=O)c1c(-c2ccc(C)cc2)csc1NC(=O)/C=C/c1ccc(N)cc1. The van der Waals surface area contributed by atoms with Gasteiger partial charge in [-0.05, 0) is 43.2 Å².